The number of nitrogens with one attached hydrogen (secondary N) is 1. The predicted molar refractivity (Wildman–Crippen MR) is 98.2 cm³/mol. The van der Waals surface area contributed by atoms with Gasteiger partial charge in [0.2, 0.25) is 0 Å². The van der Waals surface area contributed by atoms with Crippen LogP contribution >= 0.6 is 0 Å². The third-order valence-corrected chi connectivity index (χ3v) is 6.05. The molecule has 1 N–H and O–H groups in total. The second-order valence-corrected chi connectivity index (χ2v) is 8.22. The average molecular weight is 342 g/mol. The van der Waals surface area contributed by atoms with Gasteiger partial charge in [-0.15, -0.1) is 0 Å². The molecule has 1 aromatic carbocycles. The minimum atomic E-state index is -0.269. The van der Waals surface area contributed by atoms with Crippen LogP contribution in [0, 0.1) is 11.8 Å². The topological polar surface area (TPSA) is 41.6 Å². The number of amides is 1. The van der Waals surface area contributed by atoms with Crippen molar-refractivity contribution in [1.29, 1.82) is 0 Å². The molecule has 1 heterocycles. The van der Waals surface area contributed by atoms with Crippen LogP contribution in [0.3, 0.4) is 0 Å². The molecule has 2 saturated carbocycles. The van der Waals surface area contributed by atoms with Crippen molar-refractivity contribution in [3.8, 4) is 0 Å². The zero-order valence-electron chi connectivity index (χ0n) is 15.0. The number of hydrogen-bond acceptors (Lipinski definition) is 3. The van der Waals surface area contributed by atoms with E-state index in [-0.39, 0.29) is 12.1 Å². The Balaban J connectivity index is 1.28. The lowest BCUT2D eigenvalue weighted by Crippen LogP contribution is -2.55. The molecule has 0 aromatic heterocycles. The van der Waals surface area contributed by atoms with Crippen molar-refractivity contribution in [2.75, 3.05) is 13.1 Å². The van der Waals surface area contributed by atoms with Crippen LogP contribution in [-0.4, -0.2) is 36.2 Å². The minimum absolute atomic E-state index is 0.237. The molecular weight excluding hydrogens is 312 g/mol. The number of carbonyl (C=O) groups excluding carboxylic acids is 1. The quantitative estimate of drug-likeness (QED) is 0.851. The first-order valence-corrected chi connectivity index (χ1v) is 9.97. The summed E-state index contributed by atoms with van der Waals surface area (Å²) < 4.78 is 5.43. The number of rotatable bonds is 6. The molecule has 4 heteroatoms. The van der Waals surface area contributed by atoms with Crippen molar-refractivity contribution in [3.63, 3.8) is 0 Å². The molecule has 1 aliphatic heterocycles. The zero-order chi connectivity index (χ0) is 17.1. The maximum atomic E-state index is 12.2. The van der Waals surface area contributed by atoms with E-state index in [1.165, 1.54) is 45.1 Å². The van der Waals surface area contributed by atoms with E-state index in [2.05, 4.69) is 10.2 Å². The highest BCUT2D eigenvalue weighted by molar-refractivity contribution is 5.67. The van der Waals surface area contributed by atoms with Crippen LogP contribution in [0.1, 0.15) is 50.5 Å². The van der Waals surface area contributed by atoms with Gasteiger partial charge in [-0.25, -0.2) is 4.79 Å². The van der Waals surface area contributed by atoms with E-state index in [0.29, 0.717) is 6.61 Å². The summed E-state index contributed by atoms with van der Waals surface area (Å²) in [6.45, 7) is 2.57. The first kappa shape index (κ1) is 16.9. The summed E-state index contributed by atoms with van der Waals surface area (Å²) in [5, 5.41) is 3.14. The summed E-state index contributed by atoms with van der Waals surface area (Å²) in [4.78, 5) is 14.9. The van der Waals surface area contributed by atoms with Crippen molar-refractivity contribution in [1.82, 2.24) is 10.2 Å². The number of ether oxygens (including phenoxy) is 1. The van der Waals surface area contributed by atoms with Crippen LogP contribution in [0.2, 0.25) is 0 Å². The minimum Gasteiger partial charge on any atom is -0.445 e. The lowest BCUT2D eigenvalue weighted by atomic mass is 9.84. The second kappa shape index (κ2) is 7.77. The molecule has 0 radical (unpaired) electrons. The third-order valence-electron chi connectivity index (χ3n) is 6.05. The summed E-state index contributed by atoms with van der Waals surface area (Å²) >= 11 is 0. The molecule has 2 atom stereocenters. The van der Waals surface area contributed by atoms with E-state index in [0.717, 1.165) is 36.4 Å². The average Bonchev–Trinajstić information content (AvgIpc) is 3.36. The summed E-state index contributed by atoms with van der Waals surface area (Å²) in [7, 11) is 0. The second-order valence-electron chi connectivity index (χ2n) is 8.22. The van der Waals surface area contributed by atoms with Crippen LogP contribution < -0.4 is 5.32 Å². The first-order chi connectivity index (χ1) is 12.3. The van der Waals surface area contributed by atoms with Gasteiger partial charge >= 0.3 is 6.09 Å². The Hall–Kier alpha value is -1.55. The largest absolute Gasteiger partial charge is 0.445 e. The molecule has 4 nitrogen and oxygen atoms in total. The number of hydrogen-bond donors (Lipinski definition) is 1. The van der Waals surface area contributed by atoms with E-state index in [9.17, 15) is 4.79 Å². The summed E-state index contributed by atoms with van der Waals surface area (Å²) in [5.41, 5.74) is 1.03. The summed E-state index contributed by atoms with van der Waals surface area (Å²) in [5.74, 6) is 1.69. The molecule has 1 saturated heterocycles. The molecule has 1 aromatic rings. The van der Waals surface area contributed by atoms with E-state index in [1.807, 2.05) is 30.3 Å². The van der Waals surface area contributed by atoms with Gasteiger partial charge in [0.05, 0.1) is 0 Å². The molecule has 136 valence electrons. The number of likely N-dealkylation sites (tertiary alicyclic amines) is 1. The normalized spacial score (nSPS) is 27.5. The van der Waals surface area contributed by atoms with Gasteiger partial charge in [-0.1, -0.05) is 49.6 Å². The van der Waals surface area contributed by atoms with Gasteiger partial charge in [0.15, 0.2) is 0 Å². The molecule has 4 rings (SSSR count). The number of piperidine rings is 1. The summed E-state index contributed by atoms with van der Waals surface area (Å²) in [6.07, 6.45) is 9.05. The highest BCUT2D eigenvalue weighted by atomic mass is 16.5. The van der Waals surface area contributed by atoms with Crippen molar-refractivity contribution < 1.29 is 9.53 Å². The Morgan fingerprint density at radius 3 is 2.56 bits per heavy atom. The fourth-order valence-electron chi connectivity index (χ4n) is 4.32. The van der Waals surface area contributed by atoms with E-state index < -0.39 is 0 Å². The molecule has 0 bridgehead atoms. The maximum Gasteiger partial charge on any atom is 0.407 e. The van der Waals surface area contributed by atoms with Gasteiger partial charge in [0.25, 0.3) is 0 Å². The first-order valence-electron chi connectivity index (χ1n) is 9.97. The third kappa shape index (κ3) is 4.75. The summed E-state index contributed by atoms with van der Waals surface area (Å²) in [6, 6.07) is 10.9. The van der Waals surface area contributed by atoms with Gasteiger partial charge in [-0.05, 0) is 43.1 Å². The number of benzene rings is 1. The lowest BCUT2D eigenvalue weighted by Gasteiger charge is -2.45. The lowest BCUT2D eigenvalue weighted by molar-refractivity contribution is 0.0515. The smallest absolute Gasteiger partial charge is 0.407 e. The molecule has 1 amide bonds. The fourth-order valence-corrected chi connectivity index (χ4v) is 4.32. The van der Waals surface area contributed by atoms with Gasteiger partial charge in [-0.2, -0.15) is 0 Å². The van der Waals surface area contributed by atoms with E-state index >= 15 is 0 Å². The van der Waals surface area contributed by atoms with Gasteiger partial charge in [-0.3, -0.25) is 4.90 Å². The number of alkyl carbamates (subject to hydrolysis) is 1. The van der Waals surface area contributed by atoms with E-state index in [4.69, 9.17) is 4.74 Å². The van der Waals surface area contributed by atoms with Gasteiger partial charge < -0.3 is 10.1 Å². The number of nitrogens with zero attached hydrogens (tertiary/aromatic N) is 1. The van der Waals surface area contributed by atoms with Crippen molar-refractivity contribution in [2.45, 2.75) is 63.6 Å². The molecule has 3 aliphatic rings. The Labute approximate surface area is 150 Å². The Morgan fingerprint density at radius 1 is 1.08 bits per heavy atom. The van der Waals surface area contributed by atoms with Crippen LogP contribution in [0.5, 0.6) is 0 Å². The monoisotopic (exact) mass is 342 g/mol. The number of carbonyl (C=O) groups is 1. The maximum absolute atomic E-state index is 12.2. The van der Waals surface area contributed by atoms with Crippen molar-refractivity contribution >= 4 is 6.09 Å². The van der Waals surface area contributed by atoms with Crippen LogP contribution in [0.25, 0.3) is 0 Å². The SMILES string of the molecule is O=C(NC1CC(CC2CC2)CN(C2CCC2)C1)OCc1ccccc1. The molecule has 2 aliphatic carbocycles. The molecular formula is C21H30N2O2. The fraction of sp³-hybridized carbons (Fsp3) is 0.667. The van der Waals surface area contributed by atoms with Crippen LogP contribution in [0.15, 0.2) is 30.3 Å². The Bertz CT molecular complexity index is 569. The molecule has 3 fully saturated rings. The standard InChI is InChI=1S/C21H30N2O2/c24-21(25-15-17-5-2-1-3-6-17)22-19-12-18(11-16-9-10-16)13-23(14-19)20-7-4-8-20/h1-3,5-6,16,18-20H,4,7-15H2,(H,22,24). The van der Waals surface area contributed by atoms with Crippen LogP contribution in [0.4, 0.5) is 4.79 Å². The predicted octanol–water partition coefficient (Wildman–Crippen LogP) is 3.96. The zero-order valence-corrected chi connectivity index (χ0v) is 15.0. The van der Waals surface area contributed by atoms with Gasteiger partial charge in [0.1, 0.15) is 6.61 Å². The van der Waals surface area contributed by atoms with Gasteiger partial charge in [0, 0.05) is 25.2 Å². The van der Waals surface area contributed by atoms with Crippen LogP contribution in [-0.2, 0) is 11.3 Å². The molecule has 25 heavy (non-hydrogen) atoms. The molecule has 2 unspecified atom stereocenters. The molecule has 0 spiro atoms. The van der Waals surface area contributed by atoms with E-state index in [1.54, 1.807) is 0 Å². The van der Waals surface area contributed by atoms with Crippen molar-refractivity contribution in [2.24, 2.45) is 11.8 Å². The Kier molecular flexibility index (Phi) is 5.25. The Morgan fingerprint density at radius 2 is 1.88 bits per heavy atom. The highest BCUT2D eigenvalue weighted by Crippen LogP contribution is 2.39. The highest BCUT2D eigenvalue weighted by Gasteiger charge is 2.36. The van der Waals surface area contributed by atoms with Crippen molar-refractivity contribution in [3.05, 3.63) is 35.9 Å².